The minimum Gasteiger partial charge on any atom is -0.497 e. The lowest BCUT2D eigenvalue weighted by atomic mass is 9.89. The third kappa shape index (κ3) is 9.09. The van der Waals surface area contributed by atoms with Crippen molar-refractivity contribution < 1.29 is 33.3 Å². The first kappa shape index (κ1) is 29.6. The van der Waals surface area contributed by atoms with Crippen LogP contribution in [0.25, 0.3) is 0 Å². The van der Waals surface area contributed by atoms with Crippen molar-refractivity contribution in [3.05, 3.63) is 59.7 Å². The Morgan fingerprint density at radius 3 is 1.83 bits per heavy atom. The molecule has 36 heavy (non-hydrogen) atoms. The zero-order valence-corrected chi connectivity index (χ0v) is 22.6. The molecule has 2 aromatic carbocycles. The number of ether oxygens (including phenoxy) is 5. The van der Waals surface area contributed by atoms with E-state index in [1.54, 1.807) is 21.3 Å². The van der Waals surface area contributed by atoms with Crippen LogP contribution in [0.15, 0.2) is 48.5 Å². The molecule has 200 valence electrons. The van der Waals surface area contributed by atoms with Crippen LogP contribution in [0.5, 0.6) is 11.5 Å². The Hall–Kier alpha value is -2.65. The Kier molecular flexibility index (Phi) is 12.7. The molecular weight excluding hydrogens is 462 g/mol. The van der Waals surface area contributed by atoms with Gasteiger partial charge in [-0.2, -0.15) is 0 Å². The zero-order chi connectivity index (χ0) is 26.5. The maximum atomic E-state index is 13.0. The van der Waals surface area contributed by atoms with E-state index in [2.05, 4.69) is 13.8 Å². The van der Waals surface area contributed by atoms with Crippen molar-refractivity contribution in [3.8, 4) is 11.5 Å². The van der Waals surface area contributed by atoms with Gasteiger partial charge in [-0.05, 0) is 53.6 Å². The van der Waals surface area contributed by atoms with E-state index in [1.165, 1.54) is 19.3 Å². The summed E-state index contributed by atoms with van der Waals surface area (Å²) in [5.41, 5.74) is 2.07. The van der Waals surface area contributed by atoms with E-state index in [-0.39, 0.29) is 17.7 Å². The molecule has 4 atom stereocenters. The normalized spacial score (nSPS) is 14.5. The number of likely N-dealkylation sites (N-methyl/N-ethyl adjacent to an activating group) is 1. The first-order valence-electron chi connectivity index (χ1n) is 12.1. The first-order chi connectivity index (χ1) is 17.3. The highest BCUT2D eigenvalue weighted by atomic mass is 16.7. The van der Waals surface area contributed by atoms with E-state index in [0.29, 0.717) is 19.8 Å². The largest absolute Gasteiger partial charge is 0.497 e. The molecular formula is C28H41NO7. The molecule has 0 bridgehead atoms. The Morgan fingerprint density at radius 1 is 0.833 bits per heavy atom. The van der Waals surface area contributed by atoms with Gasteiger partial charge in [0.15, 0.2) is 6.10 Å². The van der Waals surface area contributed by atoms with Crippen LogP contribution in [0.3, 0.4) is 0 Å². The SMILES string of the molecule is COc1ccc(COC[C@@H](C)C[C@@H](C)[C@@H](OCc2ccc(OC)cc2)[C@H](OC)C(=O)N(C)OC)cc1. The van der Waals surface area contributed by atoms with Crippen LogP contribution in [0.1, 0.15) is 31.4 Å². The summed E-state index contributed by atoms with van der Waals surface area (Å²) in [5.74, 6) is 1.57. The topological polar surface area (TPSA) is 75.7 Å². The molecule has 2 rings (SSSR count). The third-order valence-corrected chi connectivity index (χ3v) is 6.15. The zero-order valence-electron chi connectivity index (χ0n) is 22.6. The number of rotatable bonds is 16. The average molecular weight is 504 g/mol. The van der Waals surface area contributed by atoms with Crippen LogP contribution in [0.4, 0.5) is 0 Å². The summed E-state index contributed by atoms with van der Waals surface area (Å²) in [6, 6.07) is 15.5. The van der Waals surface area contributed by atoms with Gasteiger partial charge in [0.05, 0.1) is 40.6 Å². The van der Waals surface area contributed by atoms with E-state index in [4.69, 9.17) is 28.5 Å². The van der Waals surface area contributed by atoms with Gasteiger partial charge in [0, 0.05) is 20.8 Å². The van der Waals surface area contributed by atoms with E-state index in [1.807, 2.05) is 48.5 Å². The molecule has 0 saturated heterocycles. The van der Waals surface area contributed by atoms with Gasteiger partial charge in [0.25, 0.3) is 5.91 Å². The number of carbonyl (C=O) groups excluding carboxylic acids is 1. The molecule has 0 unspecified atom stereocenters. The van der Waals surface area contributed by atoms with E-state index >= 15 is 0 Å². The Labute approximate surface area is 215 Å². The van der Waals surface area contributed by atoms with Crippen molar-refractivity contribution in [3.63, 3.8) is 0 Å². The lowest BCUT2D eigenvalue weighted by Crippen LogP contribution is -2.48. The lowest BCUT2D eigenvalue weighted by molar-refractivity contribution is -0.191. The first-order valence-corrected chi connectivity index (χ1v) is 12.1. The molecule has 8 nitrogen and oxygen atoms in total. The Morgan fingerprint density at radius 2 is 1.36 bits per heavy atom. The van der Waals surface area contributed by atoms with Gasteiger partial charge in [0.2, 0.25) is 0 Å². The fourth-order valence-corrected chi connectivity index (χ4v) is 4.05. The summed E-state index contributed by atoms with van der Waals surface area (Å²) >= 11 is 0. The summed E-state index contributed by atoms with van der Waals surface area (Å²) in [7, 11) is 7.81. The summed E-state index contributed by atoms with van der Waals surface area (Å²) < 4.78 is 28.3. The predicted octanol–water partition coefficient (Wildman–Crippen LogP) is 4.50. The molecule has 0 fully saturated rings. The van der Waals surface area contributed by atoms with Crippen molar-refractivity contribution in [2.45, 2.75) is 45.7 Å². The van der Waals surface area contributed by atoms with Crippen LogP contribution in [-0.4, -0.2) is 65.3 Å². The number of hydrogen-bond acceptors (Lipinski definition) is 7. The highest BCUT2D eigenvalue weighted by Gasteiger charge is 2.36. The number of amides is 1. The molecule has 0 heterocycles. The number of nitrogens with zero attached hydrogens (tertiary/aromatic N) is 1. The van der Waals surface area contributed by atoms with Crippen molar-refractivity contribution in [1.29, 1.82) is 0 Å². The lowest BCUT2D eigenvalue weighted by Gasteiger charge is -2.33. The summed E-state index contributed by atoms with van der Waals surface area (Å²) in [6.07, 6.45) is -0.499. The molecule has 1 amide bonds. The maximum absolute atomic E-state index is 13.0. The number of carbonyl (C=O) groups is 1. The third-order valence-electron chi connectivity index (χ3n) is 6.15. The van der Waals surface area contributed by atoms with Crippen LogP contribution < -0.4 is 9.47 Å². The highest BCUT2D eigenvalue weighted by molar-refractivity contribution is 5.80. The summed E-state index contributed by atoms with van der Waals surface area (Å²) in [4.78, 5) is 18.1. The second-order valence-corrected chi connectivity index (χ2v) is 8.98. The fourth-order valence-electron chi connectivity index (χ4n) is 4.05. The Balaban J connectivity index is 2.01. The van der Waals surface area contributed by atoms with Gasteiger partial charge in [-0.25, -0.2) is 5.06 Å². The molecule has 0 aliphatic rings. The van der Waals surface area contributed by atoms with Gasteiger partial charge >= 0.3 is 0 Å². The highest BCUT2D eigenvalue weighted by Crippen LogP contribution is 2.25. The second-order valence-electron chi connectivity index (χ2n) is 8.98. The molecule has 2 aromatic rings. The van der Waals surface area contributed by atoms with Crippen molar-refractivity contribution >= 4 is 5.91 Å². The molecule has 0 radical (unpaired) electrons. The van der Waals surface area contributed by atoms with Gasteiger partial charge in [0.1, 0.15) is 11.5 Å². The molecule has 0 aliphatic carbocycles. The molecule has 0 spiro atoms. The van der Waals surface area contributed by atoms with Crippen LogP contribution >= 0.6 is 0 Å². The number of benzene rings is 2. The molecule has 0 aliphatic heterocycles. The molecule has 0 aromatic heterocycles. The van der Waals surface area contributed by atoms with Gasteiger partial charge in [-0.15, -0.1) is 0 Å². The Bertz CT molecular complexity index is 888. The smallest absolute Gasteiger partial charge is 0.277 e. The van der Waals surface area contributed by atoms with Gasteiger partial charge < -0.3 is 23.7 Å². The predicted molar refractivity (Wildman–Crippen MR) is 138 cm³/mol. The monoisotopic (exact) mass is 503 g/mol. The standard InChI is InChI=1S/C28H41NO7/c1-20(17-35-18-22-8-12-24(31-4)13-9-22)16-21(2)26(27(33-6)28(30)29(3)34-7)36-19-23-10-14-25(32-5)15-11-23/h8-15,20-21,26-27H,16-19H2,1-7H3/t20-,21+,26+,27-/m0/s1. The van der Waals surface area contributed by atoms with Crippen molar-refractivity contribution in [1.82, 2.24) is 5.06 Å². The van der Waals surface area contributed by atoms with Crippen LogP contribution in [-0.2, 0) is 37.1 Å². The van der Waals surface area contributed by atoms with Crippen LogP contribution in [0.2, 0.25) is 0 Å². The average Bonchev–Trinajstić information content (AvgIpc) is 2.90. The van der Waals surface area contributed by atoms with E-state index in [9.17, 15) is 4.79 Å². The molecule has 8 heteroatoms. The summed E-state index contributed by atoms with van der Waals surface area (Å²) in [6.45, 7) is 5.66. The maximum Gasteiger partial charge on any atom is 0.277 e. The van der Waals surface area contributed by atoms with Crippen molar-refractivity contribution in [2.75, 3.05) is 42.1 Å². The quantitative estimate of drug-likeness (QED) is 0.312. The van der Waals surface area contributed by atoms with Gasteiger partial charge in [-0.1, -0.05) is 38.1 Å². The number of hydroxylamine groups is 2. The van der Waals surface area contributed by atoms with E-state index < -0.39 is 12.2 Å². The molecule has 0 N–H and O–H groups in total. The molecule has 0 saturated carbocycles. The van der Waals surface area contributed by atoms with Crippen LogP contribution in [0, 0.1) is 11.8 Å². The minimum atomic E-state index is -0.810. The fraction of sp³-hybridized carbons (Fsp3) is 0.536. The number of methoxy groups -OCH3 is 3. The van der Waals surface area contributed by atoms with Gasteiger partial charge in [-0.3, -0.25) is 9.63 Å². The minimum absolute atomic E-state index is 0.0157. The second kappa shape index (κ2) is 15.5. The summed E-state index contributed by atoms with van der Waals surface area (Å²) in [5, 5.41) is 1.17. The van der Waals surface area contributed by atoms with Crippen molar-refractivity contribution in [2.24, 2.45) is 11.8 Å². The number of hydrogen-bond donors (Lipinski definition) is 0. The van der Waals surface area contributed by atoms with E-state index in [0.717, 1.165) is 29.0 Å².